The first-order valence-electron chi connectivity index (χ1n) is 10.1. The molecule has 156 valence electrons. The first-order chi connectivity index (χ1) is 15.0. The molecule has 0 amide bonds. The molecule has 0 N–H and O–H groups in total. The van der Waals surface area contributed by atoms with E-state index < -0.39 is 0 Å². The van der Waals surface area contributed by atoms with E-state index in [1.807, 2.05) is 0 Å². The second-order valence-corrected chi connectivity index (χ2v) is 7.56. The summed E-state index contributed by atoms with van der Waals surface area (Å²) in [5.74, 6) is -0.498. The van der Waals surface area contributed by atoms with Crippen LogP contribution in [-0.4, -0.2) is 75.5 Å². The zero-order valence-electron chi connectivity index (χ0n) is 18.3. The molecule has 0 heterocycles. The van der Waals surface area contributed by atoms with Crippen LogP contribution in [0.5, 0.6) is 23.0 Å². The van der Waals surface area contributed by atoms with Gasteiger partial charge < -0.3 is 20.4 Å². The molecule has 0 saturated heterocycles. The number of benzene rings is 4. The minimum Gasteiger partial charge on any atom is -0.872 e. The SMILES string of the molecule is [Ca+2].[Ca+2].[O-]c1ccccc1Cc1cccc(Cc2cccc(Cc3ccccc3[O-])c2[O-])c1[O-]. The Bertz CT molecular complexity index is 1130. The third-order valence-electron chi connectivity index (χ3n) is 5.44. The fourth-order valence-corrected chi connectivity index (χ4v) is 3.75. The molecule has 4 nitrogen and oxygen atoms in total. The minimum atomic E-state index is -0.152. The standard InChI is InChI=1S/C27H24O4.2Ca/c28-24-13-3-1-7-18(24)15-20-9-5-11-22(26(20)30)17-23-12-6-10-21(27(23)31)16-19-8-2-4-14-25(19)29;;/h1-14,28-31H,15-17H2;;/q;2*+2/p-4. The van der Waals surface area contributed by atoms with Crippen LogP contribution in [0.4, 0.5) is 0 Å². The average Bonchev–Trinajstić information content (AvgIpc) is 2.76. The van der Waals surface area contributed by atoms with Crippen LogP contribution in [0.15, 0.2) is 84.9 Å². The van der Waals surface area contributed by atoms with Crippen LogP contribution < -0.4 is 20.4 Å². The zero-order chi connectivity index (χ0) is 21.8. The van der Waals surface area contributed by atoms with Gasteiger partial charge in [-0.25, -0.2) is 0 Å². The molecule has 0 aliphatic heterocycles. The molecular formula is C27H20Ca2O4. The quantitative estimate of drug-likeness (QED) is 0.388. The topological polar surface area (TPSA) is 92.2 Å². The summed E-state index contributed by atoms with van der Waals surface area (Å²) < 4.78 is 0. The van der Waals surface area contributed by atoms with Gasteiger partial charge in [0.1, 0.15) is 0 Å². The summed E-state index contributed by atoms with van der Waals surface area (Å²) >= 11 is 0. The van der Waals surface area contributed by atoms with Crippen molar-refractivity contribution < 1.29 is 20.4 Å². The van der Waals surface area contributed by atoms with Crippen molar-refractivity contribution in [2.24, 2.45) is 0 Å². The molecule has 0 unspecified atom stereocenters. The Balaban J connectivity index is 0.00000193. The molecule has 0 fully saturated rings. The molecule has 4 rings (SSSR count). The van der Waals surface area contributed by atoms with Crippen molar-refractivity contribution in [2.45, 2.75) is 19.3 Å². The van der Waals surface area contributed by atoms with Crippen LogP contribution in [-0.2, 0) is 19.3 Å². The van der Waals surface area contributed by atoms with E-state index in [4.69, 9.17) is 0 Å². The molecule has 0 bridgehead atoms. The van der Waals surface area contributed by atoms with Crippen LogP contribution in [0.1, 0.15) is 33.4 Å². The first-order valence-corrected chi connectivity index (χ1v) is 10.1. The molecule has 0 aliphatic rings. The molecule has 0 aromatic heterocycles. The summed E-state index contributed by atoms with van der Waals surface area (Å²) in [7, 11) is 0. The Labute approximate surface area is 253 Å². The molecule has 0 atom stereocenters. The van der Waals surface area contributed by atoms with E-state index in [-0.39, 0.29) is 118 Å². The van der Waals surface area contributed by atoms with E-state index >= 15 is 0 Å². The van der Waals surface area contributed by atoms with Gasteiger partial charge in [0, 0.05) is 0 Å². The number of rotatable bonds is 6. The van der Waals surface area contributed by atoms with Crippen LogP contribution in [0.25, 0.3) is 0 Å². The van der Waals surface area contributed by atoms with Crippen molar-refractivity contribution in [3.05, 3.63) is 118 Å². The summed E-state index contributed by atoms with van der Waals surface area (Å²) in [6.45, 7) is 0. The molecule has 4 aromatic rings. The number of hydrogen-bond acceptors (Lipinski definition) is 4. The van der Waals surface area contributed by atoms with Gasteiger partial charge in [0.2, 0.25) is 0 Å². The van der Waals surface area contributed by atoms with E-state index in [1.54, 1.807) is 72.8 Å². The third-order valence-corrected chi connectivity index (χ3v) is 5.44. The van der Waals surface area contributed by atoms with Gasteiger partial charge in [-0.3, -0.25) is 0 Å². The second kappa shape index (κ2) is 12.9. The van der Waals surface area contributed by atoms with E-state index in [0.717, 1.165) is 0 Å². The fourth-order valence-electron chi connectivity index (χ4n) is 3.75. The van der Waals surface area contributed by atoms with Crippen molar-refractivity contribution >= 4 is 75.5 Å². The molecular weight excluding hydrogens is 468 g/mol. The summed E-state index contributed by atoms with van der Waals surface area (Å²) in [5.41, 5.74) is 3.23. The van der Waals surface area contributed by atoms with Gasteiger partial charge in [0.25, 0.3) is 0 Å². The Morgan fingerprint density at radius 1 is 0.364 bits per heavy atom. The predicted molar refractivity (Wildman–Crippen MR) is 123 cm³/mol. The molecule has 0 aliphatic carbocycles. The normalized spacial score (nSPS) is 10.2. The van der Waals surface area contributed by atoms with Gasteiger partial charge in [-0.05, 0) is 19.3 Å². The maximum absolute atomic E-state index is 13.0. The Morgan fingerprint density at radius 2 is 0.636 bits per heavy atom. The Morgan fingerprint density at radius 3 is 0.970 bits per heavy atom. The van der Waals surface area contributed by atoms with Gasteiger partial charge in [0.05, 0.1) is 0 Å². The van der Waals surface area contributed by atoms with Crippen LogP contribution in [0.2, 0.25) is 0 Å². The second-order valence-electron chi connectivity index (χ2n) is 7.56. The molecule has 33 heavy (non-hydrogen) atoms. The van der Waals surface area contributed by atoms with Gasteiger partial charge in [-0.1, -0.05) is 118 Å². The maximum atomic E-state index is 13.0. The van der Waals surface area contributed by atoms with E-state index in [0.29, 0.717) is 33.4 Å². The molecule has 4 aromatic carbocycles. The van der Waals surface area contributed by atoms with Crippen molar-refractivity contribution in [1.82, 2.24) is 0 Å². The minimum absolute atomic E-state index is 0. The van der Waals surface area contributed by atoms with E-state index in [2.05, 4.69) is 0 Å². The van der Waals surface area contributed by atoms with Crippen LogP contribution in [0.3, 0.4) is 0 Å². The van der Waals surface area contributed by atoms with Crippen LogP contribution in [0, 0.1) is 0 Å². The fraction of sp³-hybridized carbons (Fsp3) is 0.111. The van der Waals surface area contributed by atoms with Gasteiger partial charge in [0.15, 0.2) is 0 Å². The van der Waals surface area contributed by atoms with Gasteiger partial charge in [-0.15, -0.1) is 23.0 Å². The number of hydrogen-bond donors (Lipinski definition) is 0. The van der Waals surface area contributed by atoms with E-state index in [1.165, 1.54) is 12.1 Å². The summed E-state index contributed by atoms with van der Waals surface area (Å²) in [5, 5.41) is 50.0. The zero-order valence-corrected chi connectivity index (χ0v) is 22.7. The molecule has 0 saturated carbocycles. The average molecular weight is 489 g/mol. The summed E-state index contributed by atoms with van der Waals surface area (Å²) in [6, 6.07) is 23.8. The van der Waals surface area contributed by atoms with Crippen molar-refractivity contribution in [3.8, 4) is 23.0 Å². The molecule has 6 heteroatoms. The molecule has 0 spiro atoms. The largest absolute Gasteiger partial charge is 2.00 e. The number of para-hydroxylation sites is 4. The van der Waals surface area contributed by atoms with Crippen LogP contribution >= 0.6 is 0 Å². The maximum Gasteiger partial charge on any atom is 2.00 e. The van der Waals surface area contributed by atoms with Gasteiger partial charge in [-0.2, -0.15) is 0 Å². The van der Waals surface area contributed by atoms with Crippen molar-refractivity contribution in [1.29, 1.82) is 0 Å². The molecule has 0 radical (unpaired) electrons. The van der Waals surface area contributed by atoms with Crippen molar-refractivity contribution in [3.63, 3.8) is 0 Å². The summed E-state index contributed by atoms with van der Waals surface area (Å²) in [4.78, 5) is 0. The van der Waals surface area contributed by atoms with Gasteiger partial charge >= 0.3 is 75.5 Å². The van der Waals surface area contributed by atoms with Crippen molar-refractivity contribution in [2.75, 3.05) is 0 Å². The monoisotopic (exact) mass is 488 g/mol. The summed E-state index contributed by atoms with van der Waals surface area (Å²) in [6.07, 6.45) is 0.727. The van der Waals surface area contributed by atoms with E-state index in [9.17, 15) is 20.4 Å². The smallest absolute Gasteiger partial charge is 0.872 e. The first kappa shape index (κ1) is 27.8. The Kier molecular flexibility index (Phi) is 10.9. The Hall–Kier alpha value is -1.40. The third kappa shape index (κ3) is 6.82. The predicted octanol–water partition coefficient (Wildman–Crippen LogP) is 1.99.